The van der Waals surface area contributed by atoms with E-state index in [9.17, 15) is 0 Å². The molecule has 2 aromatic heterocycles. The molecule has 0 aliphatic carbocycles. The second kappa shape index (κ2) is 18.9. The van der Waals surface area contributed by atoms with Crippen molar-refractivity contribution in [2.75, 3.05) is 0 Å². The Kier molecular flexibility index (Phi) is 11.7. The maximum absolute atomic E-state index is 6.43. The van der Waals surface area contributed by atoms with Crippen molar-refractivity contribution in [2.24, 2.45) is 0 Å². The first-order valence-electron chi connectivity index (χ1n) is 21.0. The third-order valence-electron chi connectivity index (χ3n) is 10.1. The van der Waals surface area contributed by atoms with Crippen LogP contribution in [0.25, 0.3) is 45.6 Å². The number of hydrogen-bond donors (Lipinski definition) is 0. The van der Waals surface area contributed by atoms with E-state index in [1.54, 1.807) is 0 Å². The molecule has 0 bridgehead atoms. The van der Waals surface area contributed by atoms with Crippen molar-refractivity contribution < 1.29 is 18.9 Å². The molecule has 312 valence electrons. The summed E-state index contributed by atoms with van der Waals surface area (Å²) in [5.74, 6) is 7.37. The third kappa shape index (κ3) is 9.57. The molecule has 0 N–H and O–H groups in total. The largest absolute Gasteiger partial charge is 0.457 e. The van der Waals surface area contributed by atoms with Gasteiger partial charge >= 0.3 is 0 Å². The van der Waals surface area contributed by atoms with Crippen LogP contribution in [0.1, 0.15) is 11.6 Å². The number of rotatable bonds is 14. The highest BCUT2D eigenvalue weighted by molar-refractivity contribution is 5.72. The molecule has 0 aliphatic heterocycles. The Labute approximate surface area is 375 Å². The lowest BCUT2D eigenvalue weighted by atomic mass is 10.1. The van der Waals surface area contributed by atoms with Gasteiger partial charge in [0.1, 0.15) is 57.6 Å². The number of nitrogens with zero attached hydrogens (tertiary/aromatic N) is 6. The summed E-state index contributed by atoms with van der Waals surface area (Å²) in [5, 5.41) is 0. The third-order valence-corrected chi connectivity index (χ3v) is 10.1. The zero-order valence-corrected chi connectivity index (χ0v) is 34.8. The van der Waals surface area contributed by atoms with Crippen molar-refractivity contribution in [1.29, 1.82) is 0 Å². The van der Waals surface area contributed by atoms with Crippen LogP contribution in [-0.4, -0.2) is 29.9 Å². The molecule has 0 saturated carbocycles. The van der Waals surface area contributed by atoms with Gasteiger partial charge in [-0.15, -0.1) is 0 Å². The molecule has 0 aliphatic rings. The van der Waals surface area contributed by atoms with E-state index in [0.29, 0.717) is 103 Å². The molecule has 0 saturated heterocycles. The molecule has 0 unspecified atom stereocenters. The molecular weight excluding hydrogens is 809 g/mol. The zero-order chi connectivity index (χ0) is 43.6. The van der Waals surface area contributed by atoms with Gasteiger partial charge in [-0.3, -0.25) is 0 Å². The van der Waals surface area contributed by atoms with E-state index < -0.39 is 0 Å². The highest BCUT2D eigenvalue weighted by Crippen LogP contribution is 2.38. The van der Waals surface area contributed by atoms with Crippen LogP contribution in [0.4, 0.5) is 0 Å². The molecular formula is C55H38N6O4. The van der Waals surface area contributed by atoms with Crippen molar-refractivity contribution in [3.8, 4) is 91.5 Å². The quantitative estimate of drug-likeness (QED) is 0.105. The SMILES string of the molecule is c1ccc(Oc2ccccc2-c2nc(Cc3nc(-c4ccccc4Oc4ccccc4)nc(-c4ccccc4Oc4ccccc4)n3)nc(-c3ccccc3Oc3ccccc3)n2)cc1. The number of benzene rings is 8. The van der Waals surface area contributed by atoms with Crippen molar-refractivity contribution in [1.82, 2.24) is 29.9 Å². The van der Waals surface area contributed by atoms with E-state index in [4.69, 9.17) is 48.9 Å². The van der Waals surface area contributed by atoms with Crippen LogP contribution in [0.5, 0.6) is 46.0 Å². The minimum atomic E-state index is 0.0951. The first-order valence-corrected chi connectivity index (χ1v) is 21.0. The highest BCUT2D eigenvalue weighted by Gasteiger charge is 2.21. The molecule has 2 heterocycles. The van der Waals surface area contributed by atoms with Gasteiger partial charge in [-0.1, -0.05) is 121 Å². The average molecular weight is 847 g/mol. The van der Waals surface area contributed by atoms with Crippen molar-refractivity contribution in [3.63, 3.8) is 0 Å². The minimum absolute atomic E-state index is 0.0951. The normalized spacial score (nSPS) is 10.8. The Hall–Kier alpha value is -9.02. The molecule has 0 amide bonds. The first kappa shape index (κ1) is 40.1. The minimum Gasteiger partial charge on any atom is -0.457 e. The molecule has 8 aromatic carbocycles. The summed E-state index contributed by atoms with van der Waals surface area (Å²) in [6.07, 6.45) is 0.0951. The molecule has 10 rings (SSSR count). The Bertz CT molecular complexity index is 2770. The van der Waals surface area contributed by atoms with Gasteiger partial charge in [0.2, 0.25) is 0 Å². The van der Waals surface area contributed by atoms with Crippen LogP contribution in [-0.2, 0) is 6.42 Å². The molecule has 0 atom stereocenters. The predicted molar refractivity (Wildman–Crippen MR) is 250 cm³/mol. The number of ether oxygens (including phenoxy) is 4. The predicted octanol–water partition coefficient (Wildman–Crippen LogP) is 13.5. The van der Waals surface area contributed by atoms with Crippen LogP contribution in [0.15, 0.2) is 218 Å². The monoisotopic (exact) mass is 846 g/mol. The van der Waals surface area contributed by atoms with Crippen LogP contribution in [0.2, 0.25) is 0 Å². The lowest BCUT2D eigenvalue weighted by Crippen LogP contribution is -2.09. The molecule has 0 radical (unpaired) electrons. The highest BCUT2D eigenvalue weighted by atomic mass is 16.5. The van der Waals surface area contributed by atoms with Gasteiger partial charge < -0.3 is 18.9 Å². The second-order valence-corrected chi connectivity index (χ2v) is 14.6. The van der Waals surface area contributed by atoms with Gasteiger partial charge in [-0.05, 0) is 97.1 Å². The van der Waals surface area contributed by atoms with Gasteiger partial charge in [-0.25, -0.2) is 29.9 Å². The summed E-state index contributed by atoms with van der Waals surface area (Å²) in [4.78, 5) is 30.6. The lowest BCUT2D eigenvalue weighted by Gasteiger charge is -2.15. The molecule has 10 aromatic rings. The molecule has 0 spiro atoms. The fraction of sp³-hybridized carbons (Fsp3) is 0.0182. The van der Waals surface area contributed by atoms with Gasteiger partial charge in [-0.2, -0.15) is 0 Å². The summed E-state index contributed by atoms with van der Waals surface area (Å²) in [7, 11) is 0. The maximum Gasteiger partial charge on any atom is 0.167 e. The number of aromatic nitrogens is 6. The van der Waals surface area contributed by atoms with Crippen molar-refractivity contribution in [3.05, 3.63) is 230 Å². The molecule has 10 heteroatoms. The fourth-order valence-electron chi connectivity index (χ4n) is 7.04. The fourth-order valence-corrected chi connectivity index (χ4v) is 7.04. The average Bonchev–Trinajstić information content (AvgIpc) is 3.36. The molecule has 65 heavy (non-hydrogen) atoms. The van der Waals surface area contributed by atoms with E-state index in [-0.39, 0.29) is 6.42 Å². The lowest BCUT2D eigenvalue weighted by molar-refractivity contribution is 0.483. The maximum atomic E-state index is 6.43. The number of hydrogen-bond acceptors (Lipinski definition) is 10. The van der Waals surface area contributed by atoms with Crippen molar-refractivity contribution in [2.45, 2.75) is 6.42 Å². The van der Waals surface area contributed by atoms with E-state index in [1.165, 1.54) is 0 Å². The second-order valence-electron chi connectivity index (χ2n) is 14.6. The summed E-state index contributed by atoms with van der Waals surface area (Å²) in [6.45, 7) is 0. The van der Waals surface area contributed by atoms with E-state index in [0.717, 1.165) is 0 Å². The van der Waals surface area contributed by atoms with Crippen LogP contribution < -0.4 is 18.9 Å². The Balaban J connectivity index is 1.12. The molecule has 0 fully saturated rings. The van der Waals surface area contributed by atoms with Gasteiger partial charge in [0.25, 0.3) is 0 Å². The van der Waals surface area contributed by atoms with E-state index >= 15 is 0 Å². The molecule has 10 nitrogen and oxygen atoms in total. The summed E-state index contributed by atoms with van der Waals surface area (Å²) >= 11 is 0. The summed E-state index contributed by atoms with van der Waals surface area (Å²) in [5.41, 5.74) is 2.66. The van der Waals surface area contributed by atoms with Gasteiger partial charge in [0.05, 0.1) is 28.7 Å². The zero-order valence-electron chi connectivity index (χ0n) is 34.8. The van der Waals surface area contributed by atoms with Crippen LogP contribution >= 0.6 is 0 Å². The Morgan fingerprint density at radius 3 is 0.692 bits per heavy atom. The van der Waals surface area contributed by atoms with E-state index in [1.807, 2.05) is 218 Å². The van der Waals surface area contributed by atoms with Crippen molar-refractivity contribution >= 4 is 0 Å². The summed E-state index contributed by atoms with van der Waals surface area (Å²) in [6, 6.07) is 69.1. The first-order chi connectivity index (χ1) is 32.2. The van der Waals surface area contributed by atoms with Crippen LogP contribution in [0, 0.1) is 0 Å². The van der Waals surface area contributed by atoms with Gasteiger partial charge in [0.15, 0.2) is 23.3 Å². The summed E-state index contributed by atoms with van der Waals surface area (Å²) < 4.78 is 25.7. The van der Waals surface area contributed by atoms with E-state index in [2.05, 4.69) is 0 Å². The van der Waals surface area contributed by atoms with Gasteiger partial charge in [0, 0.05) is 0 Å². The number of para-hydroxylation sites is 8. The Morgan fingerprint density at radius 2 is 0.446 bits per heavy atom. The smallest absolute Gasteiger partial charge is 0.167 e. The van der Waals surface area contributed by atoms with Crippen LogP contribution in [0.3, 0.4) is 0 Å². The Morgan fingerprint density at radius 1 is 0.231 bits per heavy atom. The standard InChI is InChI=1S/C55H38N6O4/c1-5-21-38(22-6-1)62-46-33-17-13-29-42(46)52-56-50(57-53(60-52)43-30-14-18-34-47(43)63-39-23-7-2-8-24-39)37-51-58-54(44-31-15-19-35-48(44)64-40-25-9-3-10-26-40)61-55(59-51)45-32-16-20-36-49(45)65-41-27-11-4-12-28-41/h1-36H,37H2. The topological polar surface area (TPSA) is 114 Å².